The molecule has 0 radical (unpaired) electrons. The lowest BCUT2D eigenvalue weighted by molar-refractivity contribution is 0.0207. The fraction of sp³-hybridized carbons (Fsp3) is 0.562. The first-order valence-corrected chi connectivity index (χ1v) is 7.23. The number of rotatable bonds is 4. The molecule has 20 heavy (non-hydrogen) atoms. The van der Waals surface area contributed by atoms with E-state index in [2.05, 4.69) is 16.8 Å². The van der Waals surface area contributed by atoms with Crippen molar-refractivity contribution in [1.29, 1.82) is 0 Å². The third kappa shape index (κ3) is 4.32. The number of hydrogen-bond acceptors (Lipinski definition) is 4. The predicted octanol–water partition coefficient (Wildman–Crippen LogP) is 1.79. The molecule has 1 atom stereocenters. The molecule has 0 saturated carbocycles. The largest absolute Gasteiger partial charge is 0.458 e. The second-order valence-corrected chi connectivity index (χ2v) is 5.69. The van der Waals surface area contributed by atoms with E-state index in [1.165, 1.54) is 0 Å². The Morgan fingerprint density at radius 2 is 2.00 bits per heavy atom. The van der Waals surface area contributed by atoms with Crippen LogP contribution in [0, 0.1) is 6.92 Å². The molecule has 1 aliphatic rings. The highest BCUT2D eigenvalue weighted by molar-refractivity contribution is 5.89. The van der Waals surface area contributed by atoms with Gasteiger partial charge in [-0.25, -0.2) is 4.79 Å². The van der Waals surface area contributed by atoms with Crippen molar-refractivity contribution in [1.82, 2.24) is 9.80 Å². The van der Waals surface area contributed by atoms with Gasteiger partial charge in [0.15, 0.2) is 0 Å². The van der Waals surface area contributed by atoms with Gasteiger partial charge in [-0.1, -0.05) is 17.7 Å². The van der Waals surface area contributed by atoms with E-state index in [9.17, 15) is 4.79 Å². The molecule has 0 N–H and O–H groups in total. The molecule has 0 bridgehead atoms. The van der Waals surface area contributed by atoms with E-state index in [1.807, 2.05) is 32.0 Å². The molecule has 1 fully saturated rings. The van der Waals surface area contributed by atoms with Crippen LogP contribution in [0.15, 0.2) is 24.3 Å². The molecule has 0 unspecified atom stereocenters. The van der Waals surface area contributed by atoms with Crippen LogP contribution < -0.4 is 0 Å². The van der Waals surface area contributed by atoms with Crippen LogP contribution in [-0.2, 0) is 4.74 Å². The summed E-state index contributed by atoms with van der Waals surface area (Å²) in [7, 11) is 2.14. The van der Waals surface area contributed by atoms with Gasteiger partial charge in [-0.05, 0) is 33.0 Å². The first kappa shape index (κ1) is 15.0. The van der Waals surface area contributed by atoms with Crippen molar-refractivity contribution in [3.8, 4) is 0 Å². The zero-order valence-electron chi connectivity index (χ0n) is 12.6. The van der Waals surface area contributed by atoms with E-state index in [0.717, 1.165) is 38.3 Å². The minimum Gasteiger partial charge on any atom is -0.458 e. The smallest absolute Gasteiger partial charge is 0.338 e. The molecule has 0 amide bonds. The number of carbonyl (C=O) groups is 1. The number of aryl methyl sites for hydroxylation is 1. The van der Waals surface area contributed by atoms with Gasteiger partial charge in [0.2, 0.25) is 0 Å². The van der Waals surface area contributed by atoms with Crippen molar-refractivity contribution in [2.75, 3.05) is 39.8 Å². The number of ether oxygens (including phenoxy) is 1. The second kappa shape index (κ2) is 6.86. The molecule has 0 spiro atoms. The average molecular weight is 276 g/mol. The van der Waals surface area contributed by atoms with Crippen LogP contribution in [0.4, 0.5) is 0 Å². The van der Waals surface area contributed by atoms with E-state index in [1.54, 1.807) is 6.07 Å². The molecule has 110 valence electrons. The van der Waals surface area contributed by atoms with E-state index >= 15 is 0 Å². The lowest BCUT2D eigenvalue weighted by atomic mass is 10.1. The monoisotopic (exact) mass is 276 g/mol. The summed E-state index contributed by atoms with van der Waals surface area (Å²) in [6.07, 6.45) is -0.0774. The van der Waals surface area contributed by atoms with Crippen molar-refractivity contribution in [3.05, 3.63) is 35.4 Å². The SMILES string of the molecule is Cc1cccc(C(=O)O[C@@H](C)CN2CCN(C)CC2)c1. The van der Waals surface area contributed by atoms with Crippen LogP contribution in [-0.4, -0.2) is 61.6 Å². The van der Waals surface area contributed by atoms with Gasteiger partial charge < -0.3 is 9.64 Å². The maximum Gasteiger partial charge on any atom is 0.338 e. The molecular formula is C16H24N2O2. The molecule has 1 aliphatic heterocycles. The quantitative estimate of drug-likeness (QED) is 0.785. The van der Waals surface area contributed by atoms with Gasteiger partial charge in [0, 0.05) is 32.7 Å². The summed E-state index contributed by atoms with van der Waals surface area (Å²) in [4.78, 5) is 16.7. The van der Waals surface area contributed by atoms with Crippen molar-refractivity contribution >= 4 is 5.97 Å². The lowest BCUT2D eigenvalue weighted by Crippen LogP contribution is -2.47. The molecule has 1 saturated heterocycles. The molecule has 0 aromatic heterocycles. The van der Waals surface area contributed by atoms with Gasteiger partial charge in [0.05, 0.1) is 5.56 Å². The molecule has 4 heteroatoms. The Kier molecular flexibility index (Phi) is 5.15. The minimum absolute atomic E-state index is 0.0774. The Bertz CT molecular complexity index is 454. The van der Waals surface area contributed by atoms with Crippen LogP contribution in [0.3, 0.4) is 0 Å². The molecule has 1 heterocycles. The highest BCUT2D eigenvalue weighted by Crippen LogP contribution is 2.09. The van der Waals surface area contributed by atoms with Gasteiger partial charge in [-0.3, -0.25) is 4.90 Å². The fourth-order valence-electron chi connectivity index (χ4n) is 2.45. The summed E-state index contributed by atoms with van der Waals surface area (Å²) in [6, 6.07) is 7.53. The number of benzene rings is 1. The van der Waals surface area contributed by atoms with Gasteiger partial charge in [-0.15, -0.1) is 0 Å². The van der Waals surface area contributed by atoms with Crippen LogP contribution >= 0.6 is 0 Å². The second-order valence-electron chi connectivity index (χ2n) is 5.69. The van der Waals surface area contributed by atoms with Crippen molar-refractivity contribution in [2.24, 2.45) is 0 Å². The standard InChI is InChI=1S/C16H24N2O2/c1-13-5-4-6-15(11-13)16(19)20-14(2)12-18-9-7-17(3)8-10-18/h4-6,11,14H,7-10,12H2,1-3H3/t14-/m0/s1. The summed E-state index contributed by atoms with van der Waals surface area (Å²) in [6.45, 7) is 9.00. The van der Waals surface area contributed by atoms with Crippen molar-refractivity contribution < 1.29 is 9.53 Å². The Morgan fingerprint density at radius 1 is 1.30 bits per heavy atom. The third-order valence-electron chi connectivity index (χ3n) is 3.67. The summed E-state index contributed by atoms with van der Waals surface area (Å²) in [5.74, 6) is -0.227. The van der Waals surface area contributed by atoms with Gasteiger partial charge in [0.25, 0.3) is 0 Å². The normalized spacial score (nSPS) is 18.8. The number of hydrogen-bond donors (Lipinski definition) is 0. The molecule has 0 aliphatic carbocycles. The van der Waals surface area contributed by atoms with Crippen molar-refractivity contribution in [3.63, 3.8) is 0 Å². The number of esters is 1. The lowest BCUT2D eigenvalue weighted by Gasteiger charge is -2.33. The zero-order chi connectivity index (χ0) is 14.5. The van der Waals surface area contributed by atoms with Gasteiger partial charge >= 0.3 is 5.97 Å². The summed E-state index contributed by atoms with van der Waals surface area (Å²) >= 11 is 0. The Balaban J connectivity index is 1.82. The Labute approximate surface area is 121 Å². The number of nitrogens with zero attached hydrogens (tertiary/aromatic N) is 2. The van der Waals surface area contributed by atoms with E-state index < -0.39 is 0 Å². The number of likely N-dealkylation sites (N-methyl/N-ethyl adjacent to an activating group) is 1. The predicted molar refractivity (Wildman–Crippen MR) is 80.0 cm³/mol. The fourth-order valence-corrected chi connectivity index (χ4v) is 2.45. The Morgan fingerprint density at radius 3 is 2.65 bits per heavy atom. The molecule has 4 nitrogen and oxygen atoms in total. The van der Waals surface area contributed by atoms with Crippen LogP contribution in [0.5, 0.6) is 0 Å². The minimum atomic E-state index is -0.227. The van der Waals surface area contributed by atoms with Crippen LogP contribution in [0.1, 0.15) is 22.8 Å². The van der Waals surface area contributed by atoms with E-state index in [0.29, 0.717) is 5.56 Å². The number of piperazine rings is 1. The number of carbonyl (C=O) groups excluding carboxylic acids is 1. The molecule has 2 rings (SSSR count). The Hall–Kier alpha value is -1.39. The maximum absolute atomic E-state index is 12.1. The molecular weight excluding hydrogens is 252 g/mol. The topological polar surface area (TPSA) is 32.8 Å². The maximum atomic E-state index is 12.1. The summed E-state index contributed by atoms with van der Waals surface area (Å²) < 4.78 is 5.53. The first-order valence-electron chi connectivity index (χ1n) is 7.23. The first-order chi connectivity index (χ1) is 9.54. The summed E-state index contributed by atoms with van der Waals surface area (Å²) in [5.41, 5.74) is 1.71. The summed E-state index contributed by atoms with van der Waals surface area (Å²) in [5, 5.41) is 0. The average Bonchev–Trinajstić information content (AvgIpc) is 2.41. The third-order valence-corrected chi connectivity index (χ3v) is 3.67. The molecule has 1 aromatic rings. The highest BCUT2D eigenvalue weighted by atomic mass is 16.5. The van der Waals surface area contributed by atoms with E-state index in [-0.39, 0.29) is 12.1 Å². The highest BCUT2D eigenvalue weighted by Gasteiger charge is 2.18. The van der Waals surface area contributed by atoms with E-state index in [4.69, 9.17) is 4.74 Å². The van der Waals surface area contributed by atoms with Crippen LogP contribution in [0.2, 0.25) is 0 Å². The van der Waals surface area contributed by atoms with Gasteiger partial charge in [-0.2, -0.15) is 0 Å². The van der Waals surface area contributed by atoms with Gasteiger partial charge in [0.1, 0.15) is 6.10 Å². The zero-order valence-corrected chi connectivity index (χ0v) is 12.6. The van der Waals surface area contributed by atoms with Crippen LogP contribution in [0.25, 0.3) is 0 Å². The molecule has 1 aromatic carbocycles. The van der Waals surface area contributed by atoms with Crippen molar-refractivity contribution in [2.45, 2.75) is 20.0 Å².